The largest absolute Gasteiger partial charge is 0.497 e. The van der Waals surface area contributed by atoms with Crippen LogP contribution in [0.1, 0.15) is 30.9 Å². The highest BCUT2D eigenvalue weighted by atomic mass is 16.5. The van der Waals surface area contributed by atoms with E-state index in [-0.39, 0.29) is 6.61 Å². The van der Waals surface area contributed by atoms with Crippen molar-refractivity contribution in [2.45, 2.75) is 26.4 Å². The summed E-state index contributed by atoms with van der Waals surface area (Å²) in [5.41, 5.74) is 4.37. The molecule has 100 valence electrons. The Morgan fingerprint density at radius 3 is 2.53 bits per heavy atom. The normalized spacial score (nSPS) is 10.8. The average molecular weight is 256 g/mol. The maximum Gasteiger partial charge on any atom is 0.119 e. The van der Waals surface area contributed by atoms with Crippen LogP contribution < -0.4 is 4.74 Å². The number of hydrogen-bond acceptors (Lipinski definition) is 2. The van der Waals surface area contributed by atoms with Crippen molar-refractivity contribution in [3.05, 3.63) is 53.6 Å². The van der Waals surface area contributed by atoms with Gasteiger partial charge in [-0.25, -0.2) is 0 Å². The number of methoxy groups -OCH3 is 1. The fourth-order valence-electron chi connectivity index (χ4n) is 2.15. The summed E-state index contributed by atoms with van der Waals surface area (Å²) in [6.07, 6.45) is 0. The van der Waals surface area contributed by atoms with Crippen molar-refractivity contribution in [3.63, 3.8) is 0 Å². The van der Waals surface area contributed by atoms with E-state index >= 15 is 0 Å². The molecule has 0 aliphatic heterocycles. The van der Waals surface area contributed by atoms with Gasteiger partial charge in [0.2, 0.25) is 0 Å². The third-order valence-corrected chi connectivity index (χ3v) is 3.35. The Hall–Kier alpha value is -1.80. The predicted octanol–water partition coefficient (Wildman–Crippen LogP) is 3.98. The lowest BCUT2D eigenvalue weighted by atomic mass is 9.95. The van der Waals surface area contributed by atoms with Crippen molar-refractivity contribution in [3.8, 4) is 16.9 Å². The molecular weight excluding hydrogens is 236 g/mol. The molecule has 0 aliphatic rings. The highest BCUT2D eigenvalue weighted by Crippen LogP contribution is 2.30. The summed E-state index contributed by atoms with van der Waals surface area (Å²) >= 11 is 0. The SMILES string of the molecule is COc1ccc(CO)c(-c2cccc(C(C)C)c2)c1. The molecule has 2 nitrogen and oxygen atoms in total. The van der Waals surface area contributed by atoms with Gasteiger partial charge in [-0.2, -0.15) is 0 Å². The first kappa shape index (κ1) is 13.6. The van der Waals surface area contributed by atoms with Gasteiger partial charge in [0.05, 0.1) is 13.7 Å². The molecular formula is C17H20O2. The molecule has 0 aliphatic carbocycles. The Bertz CT molecular complexity index is 559. The number of benzene rings is 2. The molecule has 0 aromatic heterocycles. The lowest BCUT2D eigenvalue weighted by Crippen LogP contribution is -1.93. The molecule has 0 fully saturated rings. The van der Waals surface area contributed by atoms with Crippen molar-refractivity contribution < 1.29 is 9.84 Å². The van der Waals surface area contributed by atoms with Gasteiger partial charge >= 0.3 is 0 Å². The maximum absolute atomic E-state index is 9.48. The predicted molar refractivity (Wildman–Crippen MR) is 78.4 cm³/mol. The van der Waals surface area contributed by atoms with Crippen molar-refractivity contribution in [1.82, 2.24) is 0 Å². The van der Waals surface area contributed by atoms with Gasteiger partial charge in [0.1, 0.15) is 5.75 Å². The first-order valence-corrected chi connectivity index (χ1v) is 6.53. The van der Waals surface area contributed by atoms with Crippen LogP contribution >= 0.6 is 0 Å². The minimum Gasteiger partial charge on any atom is -0.497 e. The summed E-state index contributed by atoms with van der Waals surface area (Å²) in [5.74, 6) is 1.30. The van der Waals surface area contributed by atoms with Crippen LogP contribution in [0.15, 0.2) is 42.5 Å². The smallest absolute Gasteiger partial charge is 0.119 e. The number of hydrogen-bond donors (Lipinski definition) is 1. The van der Waals surface area contributed by atoms with E-state index in [4.69, 9.17) is 4.74 Å². The van der Waals surface area contributed by atoms with Crippen molar-refractivity contribution in [2.24, 2.45) is 0 Å². The molecule has 2 heteroatoms. The minimum atomic E-state index is 0.0330. The minimum absolute atomic E-state index is 0.0330. The standard InChI is InChI=1S/C17H20O2/c1-12(2)13-5-4-6-14(9-13)17-10-16(19-3)8-7-15(17)11-18/h4-10,12,18H,11H2,1-3H3. The highest BCUT2D eigenvalue weighted by Gasteiger charge is 2.08. The number of ether oxygens (including phenoxy) is 1. The maximum atomic E-state index is 9.48. The van der Waals surface area contributed by atoms with Gasteiger partial charge in [-0.3, -0.25) is 0 Å². The van der Waals surface area contributed by atoms with Crippen molar-refractivity contribution >= 4 is 0 Å². The molecule has 2 aromatic carbocycles. The quantitative estimate of drug-likeness (QED) is 0.896. The third-order valence-electron chi connectivity index (χ3n) is 3.35. The summed E-state index contributed by atoms with van der Waals surface area (Å²) in [7, 11) is 1.66. The molecule has 0 spiro atoms. The van der Waals surface area contributed by atoms with Crippen LogP contribution in [-0.4, -0.2) is 12.2 Å². The van der Waals surface area contributed by atoms with E-state index in [1.54, 1.807) is 7.11 Å². The summed E-state index contributed by atoms with van der Waals surface area (Å²) in [4.78, 5) is 0. The lowest BCUT2D eigenvalue weighted by Gasteiger charge is -2.12. The molecule has 0 bridgehead atoms. The summed E-state index contributed by atoms with van der Waals surface area (Å²) in [6, 6.07) is 14.2. The van der Waals surface area contributed by atoms with Crippen molar-refractivity contribution in [1.29, 1.82) is 0 Å². The fraction of sp³-hybridized carbons (Fsp3) is 0.294. The number of aliphatic hydroxyl groups is 1. The summed E-state index contributed by atoms with van der Waals surface area (Å²) in [6.45, 7) is 4.39. The molecule has 2 rings (SSSR count). The van der Waals surface area contributed by atoms with Gasteiger partial charge in [-0.05, 0) is 40.3 Å². The first-order chi connectivity index (χ1) is 9.15. The van der Waals surface area contributed by atoms with Crippen LogP contribution in [0.2, 0.25) is 0 Å². The van der Waals surface area contributed by atoms with Gasteiger partial charge in [-0.15, -0.1) is 0 Å². The monoisotopic (exact) mass is 256 g/mol. The molecule has 0 radical (unpaired) electrons. The van der Waals surface area contributed by atoms with E-state index in [2.05, 4.69) is 38.1 Å². The second-order valence-corrected chi connectivity index (χ2v) is 4.96. The van der Waals surface area contributed by atoms with E-state index in [1.807, 2.05) is 18.2 Å². The molecule has 0 atom stereocenters. The van der Waals surface area contributed by atoms with Gasteiger partial charge < -0.3 is 9.84 Å². The zero-order chi connectivity index (χ0) is 13.8. The topological polar surface area (TPSA) is 29.5 Å². The van der Waals surface area contributed by atoms with Crippen LogP contribution in [0.25, 0.3) is 11.1 Å². The second-order valence-electron chi connectivity index (χ2n) is 4.96. The fourth-order valence-corrected chi connectivity index (χ4v) is 2.15. The Kier molecular flexibility index (Phi) is 4.23. The molecule has 0 saturated heterocycles. The van der Waals surface area contributed by atoms with E-state index in [0.29, 0.717) is 5.92 Å². The summed E-state index contributed by atoms with van der Waals surface area (Å²) in [5, 5.41) is 9.48. The van der Waals surface area contributed by atoms with E-state index in [9.17, 15) is 5.11 Å². The van der Waals surface area contributed by atoms with E-state index in [1.165, 1.54) is 5.56 Å². The van der Waals surface area contributed by atoms with Gasteiger partial charge in [0.25, 0.3) is 0 Å². The Morgan fingerprint density at radius 2 is 1.89 bits per heavy atom. The van der Waals surface area contributed by atoms with Crippen LogP contribution in [0, 0.1) is 0 Å². The highest BCUT2D eigenvalue weighted by molar-refractivity contribution is 5.69. The molecule has 0 amide bonds. The molecule has 2 aromatic rings. The molecule has 0 saturated carbocycles. The molecule has 1 N–H and O–H groups in total. The average Bonchev–Trinajstić information content (AvgIpc) is 2.46. The number of aliphatic hydroxyl groups excluding tert-OH is 1. The van der Waals surface area contributed by atoms with Gasteiger partial charge in [-0.1, -0.05) is 44.2 Å². The van der Waals surface area contributed by atoms with Gasteiger partial charge in [0.15, 0.2) is 0 Å². The summed E-state index contributed by atoms with van der Waals surface area (Å²) < 4.78 is 5.27. The van der Waals surface area contributed by atoms with Crippen LogP contribution in [-0.2, 0) is 6.61 Å². The molecule has 0 unspecified atom stereocenters. The third kappa shape index (κ3) is 2.96. The Balaban J connectivity index is 2.53. The lowest BCUT2D eigenvalue weighted by molar-refractivity contribution is 0.282. The molecule has 19 heavy (non-hydrogen) atoms. The van der Waals surface area contributed by atoms with E-state index < -0.39 is 0 Å². The first-order valence-electron chi connectivity index (χ1n) is 6.53. The Morgan fingerprint density at radius 1 is 1.11 bits per heavy atom. The van der Waals surface area contributed by atoms with Crippen LogP contribution in [0.4, 0.5) is 0 Å². The second kappa shape index (κ2) is 5.89. The van der Waals surface area contributed by atoms with Gasteiger partial charge in [0, 0.05) is 0 Å². The van der Waals surface area contributed by atoms with Crippen LogP contribution in [0.5, 0.6) is 5.75 Å². The number of rotatable bonds is 4. The Labute approximate surface area is 114 Å². The molecule has 0 heterocycles. The zero-order valence-corrected chi connectivity index (χ0v) is 11.7. The zero-order valence-electron chi connectivity index (χ0n) is 11.7. The van der Waals surface area contributed by atoms with E-state index in [0.717, 1.165) is 22.4 Å². The van der Waals surface area contributed by atoms with Crippen LogP contribution in [0.3, 0.4) is 0 Å². The van der Waals surface area contributed by atoms with Crippen molar-refractivity contribution in [2.75, 3.05) is 7.11 Å².